The summed E-state index contributed by atoms with van der Waals surface area (Å²) in [4.78, 5) is 27.0. The summed E-state index contributed by atoms with van der Waals surface area (Å²) in [6, 6.07) is 0. The monoisotopic (exact) mass is 660 g/mol. The lowest BCUT2D eigenvalue weighted by molar-refractivity contribution is -0.294. The second kappa shape index (κ2) is 10.7. The molecule has 0 bridgehead atoms. The van der Waals surface area contributed by atoms with Crippen molar-refractivity contribution in [3.05, 3.63) is 0 Å². The Balaban J connectivity index is 1.15. The van der Waals surface area contributed by atoms with Crippen LogP contribution in [0.25, 0.3) is 0 Å². The lowest BCUT2D eigenvalue weighted by Crippen LogP contribution is -2.60. The topological polar surface area (TPSA) is 132 Å². The fourth-order valence-corrected chi connectivity index (χ4v) is 13.5. The Hall–Kier alpha value is -1.10. The number of aliphatic hydroxyl groups excluding tert-OH is 2. The number of aliphatic hydroxyl groups is 3. The molecule has 2 heterocycles. The number of ether oxygens (including phenoxy) is 4. The van der Waals surface area contributed by atoms with Crippen LogP contribution in [0.1, 0.15) is 114 Å². The van der Waals surface area contributed by atoms with Crippen LogP contribution in [0.2, 0.25) is 0 Å². The molecule has 7 aliphatic rings. The fraction of sp³-hybridized carbons (Fsp3) is 0.947. The maximum atomic E-state index is 15.0. The second-order valence-corrected chi connectivity index (χ2v) is 18.8. The molecule has 0 aromatic heterocycles. The quantitative estimate of drug-likeness (QED) is 0.281. The first-order valence-corrected chi connectivity index (χ1v) is 18.5. The standard InChI is InChI=1S/C38H60O9/c1-19-16-22(31(34(6,7)43)45-21(3)39)46-29-26(19)35(8)14-15-38-18-37(38)13-12-25(47-32-28(41)27(40)20(2)17-44-32)33(4,5)23(37)10-11-24(38)36(35,9)30(29)42/h19-20,22-29,31-32,40-41,43H,10-18H2,1-9H3/t19-,20?,22?,23+,24?,25+,26+,27+,28-,29?,31+,32+,35-,36-,37-,38?/m1/s1. The maximum Gasteiger partial charge on any atom is 0.303 e. The van der Waals surface area contributed by atoms with Crippen LogP contribution in [0.4, 0.5) is 0 Å². The van der Waals surface area contributed by atoms with E-state index in [0.717, 1.165) is 44.9 Å². The Morgan fingerprint density at radius 2 is 1.62 bits per heavy atom. The molecule has 0 aromatic rings. The molecular formula is C38H60O9. The number of rotatable bonds is 5. The minimum Gasteiger partial charge on any atom is -0.457 e. The number of ketones is 1. The first kappa shape index (κ1) is 34.4. The number of esters is 1. The number of carbonyl (C=O) groups excluding carboxylic acids is 2. The molecule has 0 amide bonds. The van der Waals surface area contributed by atoms with E-state index in [4.69, 9.17) is 18.9 Å². The molecule has 7 fully saturated rings. The van der Waals surface area contributed by atoms with E-state index < -0.39 is 53.8 Å². The zero-order chi connectivity index (χ0) is 34.3. The molecule has 0 radical (unpaired) electrons. The molecule has 2 saturated heterocycles. The Morgan fingerprint density at radius 3 is 2.28 bits per heavy atom. The SMILES string of the molecule is CC(=O)O[C@@H](C1C[C@@H](C)[C@H]2C(O1)C(=O)[C@@]1(C)C3CC[C@H]4C(C)(C)[C@@H](O[C@@H]5OCC(C)[C@H](O)[C@H]5O)CC[C@@]45CC35CC[C@]21C)C(C)(C)O. The predicted molar refractivity (Wildman–Crippen MR) is 173 cm³/mol. The van der Waals surface area contributed by atoms with Gasteiger partial charge >= 0.3 is 5.97 Å². The van der Waals surface area contributed by atoms with Gasteiger partial charge in [0.05, 0.1) is 30.5 Å². The van der Waals surface area contributed by atoms with Gasteiger partial charge in [0.25, 0.3) is 0 Å². The zero-order valence-corrected chi connectivity index (χ0v) is 30.1. The smallest absolute Gasteiger partial charge is 0.303 e. The number of hydrogen-bond donors (Lipinski definition) is 3. The maximum absolute atomic E-state index is 15.0. The van der Waals surface area contributed by atoms with Crippen LogP contribution in [0.5, 0.6) is 0 Å². The van der Waals surface area contributed by atoms with Gasteiger partial charge in [-0.3, -0.25) is 9.59 Å². The van der Waals surface area contributed by atoms with Gasteiger partial charge in [-0.2, -0.15) is 0 Å². The summed E-state index contributed by atoms with van der Waals surface area (Å²) in [5.41, 5.74) is -1.87. The molecule has 3 N–H and O–H groups in total. The normalized spacial score (nSPS) is 53.9. The van der Waals surface area contributed by atoms with E-state index in [1.54, 1.807) is 13.8 Å². The highest BCUT2D eigenvalue weighted by Gasteiger charge is 2.85. The summed E-state index contributed by atoms with van der Waals surface area (Å²) in [6.45, 7) is 18.4. The van der Waals surface area contributed by atoms with Crippen LogP contribution < -0.4 is 0 Å². The van der Waals surface area contributed by atoms with Crippen molar-refractivity contribution in [2.24, 2.45) is 56.7 Å². The summed E-state index contributed by atoms with van der Waals surface area (Å²) in [5.74, 6) is 0.611. The van der Waals surface area contributed by atoms with Gasteiger partial charge in [0, 0.05) is 24.2 Å². The molecule has 2 spiro atoms. The predicted octanol–water partition coefficient (Wildman–Crippen LogP) is 4.81. The van der Waals surface area contributed by atoms with E-state index in [1.807, 2.05) is 6.92 Å². The Kier molecular flexibility index (Phi) is 7.83. The molecular weight excluding hydrogens is 600 g/mol. The second-order valence-electron chi connectivity index (χ2n) is 18.8. The lowest BCUT2D eigenvalue weighted by atomic mass is 9.41. The van der Waals surface area contributed by atoms with Gasteiger partial charge in [-0.05, 0) is 105 Å². The minimum atomic E-state index is -1.30. The van der Waals surface area contributed by atoms with Crippen LogP contribution in [-0.2, 0) is 28.5 Å². The van der Waals surface area contributed by atoms with Gasteiger partial charge in [-0.1, -0.05) is 41.5 Å². The van der Waals surface area contributed by atoms with Crippen molar-refractivity contribution in [2.45, 2.75) is 162 Å². The van der Waals surface area contributed by atoms with E-state index in [-0.39, 0.29) is 57.2 Å². The van der Waals surface area contributed by atoms with E-state index in [9.17, 15) is 24.9 Å². The van der Waals surface area contributed by atoms with Gasteiger partial charge in [0.2, 0.25) is 0 Å². The molecule has 9 nitrogen and oxygen atoms in total. The van der Waals surface area contributed by atoms with E-state index >= 15 is 0 Å². The van der Waals surface area contributed by atoms with E-state index in [1.165, 1.54) is 6.92 Å². The van der Waals surface area contributed by atoms with Gasteiger partial charge < -0.3 is 34.3 Å². The van der Waals surface area contributed by atoms with Gasteiger partial charge in [0.15, 0.2) is 18.2 Å². The third-order valence-corrected chi connectivity index (χ3v) is 15.9. The first-order valence-electron chi connectivity index (χ1n) is 18.5. The van der Waals surface area contributed by atoms with Crippen LogP contribution in [0, 0.1) is 56.7 Å². The molecule has 5 unspecified atom stereocenters. The Labute approximate surface area is 280 Å². The third kappa shape index (κ3) is 4.47. The van der Waals surface area contributed by atoms with Crippen molar-refractivity contribution in [3.8, 4) is 0 Å². The van der Waals surface area contributed by atoms with Gasteiger partial charge in [0.1, 0.15) is 12.2 Å². The molecule has 9 heteroatoms. The number of hydrogen-bond acceptors (Lipinski definition) is 9. The van der Waals surface area contributed by atoms with Crippen LogP contribution in [0.15, 0.2) is 0 Å². The molecule has 16 atom stereocenters. The molecule has 266 valence electrons. The fourth-order valence-electron chi connectivity index (χ4n) is 13.5. The third-order valence-electron chi connectivity index (χ3n) is 15.9. The van der Waals surface area contributed by atoms with Crippen molar-refractivity contribution in [1.82, 2.24) is 0 Å². The molecule has 0 aromatic carbocycles. The largest absolute Gasteiger partial charge is 0.457 e. The van der Waals surface area contributed by atoms with Crippen molar-refractivity contribution < 1.29 is 43.9 Å². The van der Waals surface area contributed by atoms with Crippen molar-refractivity contribution in [1.29, 1.82) is 0 Å². The van der Waals surface area contributed by atoms with Crippen LogP contribution >= 0.6 is 0 Å². The summed E-state index contributed by atoms with van der Waals surface area (Å²) in [7, 11) is 0. The molecule has 47 heavy (non-hydrogen) atoms. The summed E-state index contributed by atoms with van der Waals surface area (Å²) in [5, 5.41) is 32.3. The van der Waals surface area contributed by atoms with E-state index in [2.05, 4.69) is 34.6 Å². The van der Waals surface area contributed by atoms with Crippen LogP contribution in [-0.4, -0.2) is 82.2 Å². The highest BCUT2D eigenvalue weighted by Crippen LogP contribution is 2.89. The number of Topliss-reactive ketones (excluding diaryl/α,β-unsaturated/α-hetero) is 1. The molecule has 5 saturated carbocycles. The van der Waals surface area contributed by atoms with E-state index in [0.29, 0.717) is 18.9 Å². The lowest BCUT2D eigenvalue weighted by Gasteiger charge is -2.62. The average Bonchev–Trinajstić information content (AvgIpc) is 3.61. The van der Waals surface area contributed by atoms with Gasteiger partial charge in [-0.25, -0.2) is 0 Å². The van der Waals surface area contributed by atoms with Gasteiger partial charge in [-0.15, -0.1) is 0 Å². The van der Waals surface area contributed by atoms with Crippen molar-refractivity contribution >= 4 is 11.8 Å². The highest BCUT2D eigenvalue weighted by molar-refractivity contribution is 5.93. The Morgan fingerprint density at radius 1 is 0.957 bits per heavy atom. The van der Waals surface area contributed by atoms with Crippen molar-refractivity contribution in [2.75, 3.05) is 6.61 Å². The summed E-state index contributed by atoms with van der Waals surface area (Å²) >= 11 is 0. The first-order chi connectivity index (χ1) is 21.8. The molecule has 2 aliphatic heterocycles. The molecule has 5 aliphatic carbocycles. The Bertz CT molecular complexity index is 1290. The summed E-state index contributed by atoms with van der Waals surface area (Å²) < 4.78 is 24.8. The van der Waals surface area contributed by atoms with Crippen LogP contribution in [0.3, 0.4) is 0 Å². The summed E-state index contributed by atoms with van der Waals surface area (Å²) in [6.07, 6.45) is 3.09. The van der Waals surface area contributed by atoms with Crippen molar-refractivity contribution in [3.63, 3.8) is 0 Å². The molecule has 7 rings (SSSR count). The number of carbonyl (C=O) groups is 2. The average molecular weight is 661 g/mol. The zero-order valence-electron chi connectivity index (χ0n) is 30.1. The number of fused-ring (bicyclic) bond motifs is 4. The minimum absolute atomic E-state index is 0.0832. The highest BCUT2D eigenvalue weighted by atomic mass is 16.7.